The number of halogens is 2. The minimum absolute atomic E-state index is 0.133. The van der Waals surface area contributed by atoms with Crippen LogP contribution in [0.2, 0.25) is 10.0 Å². The Labute approximate surface area is 181 Å². The largest absolute Gasteiger partial charge is 0.494 e. The second kappa shape index (κ2) is 11.7. The van der Waals surface area contributed by atoms with E-state index in [1.807, 2.05) is 37.3 Å². The molecule has 0 spiro atoms. The van der Waals surface area contributed by atoms with Gasteiger partial charge in [-0.3, -0.25) is 9.59 Å². The third-order valence-corrected chi connectivity index (χ3v) is 5.01. The first kappa shape index (κ1) is 23.0. The van der Waals surface area contributed by atoms with E-state index in [9.17, 15) is 9.59 Å². The lowest BCUT2D eigenvalue weighted by Crippen LogP contribution is -2.47. The molecule has 2 amide bonds. The number of hydrogen-bond donors (Lipinski definition) is 1. The highest BCUT2D eigenvalue weighted by atomic mass is 35.5. The molecule has 0 heterocycles. The van der Waals surface area contributed by atoms with E-state index in [1.54, 1.807) is 30.0 Å². The maximum atomic E-state index is 12.9. The van der Waals surface area contributed by atoms with E-state index in [0.717, 1.165) is 11.3 Å². The molecule has 0 unspecified atom stereocenters. The average Bonchev–Trinajstić information content (AvgIpc) is 2.71. The summed E-state index contributed by atoms with van der Waals surface area (Å²) in [6.45, 7) is 4.70. The molecule has 7 heteroatoms. The maximum Gasteiger partial charge on any atom is 0.242 e. The molecule has 0 aromatic heterocycles. The number of amides is 2. The highest BCUT2D eigenvalue weighted by Crippen LogP contribution is 2.23. The zero-order valence-electron chi connectivity index (χ0n) is 16.7. The van der Waals surface area contributed by atoms with Crippen molar-refractivity contribution in [2.45, 2.75) is 39.3 Å². The molecule has 1 N–H and O–H groups in total. The van der Waals surface area contributed by atoms with E-state index in [1.165, 1.54) is 0 Å². The molecule has 5 nitrogen and oxygen atoms in total. The SMILES string of the molecule is CCNC(=O)[C@@H](C)N(Cc1ccc(Cl)cc1Cl)C(=O)CCCOc1ccccc1. The van der Waals surface area contributed by atoms with Gasteiger partial charge in [0, 0.05) is 29.6 Å². The predicted molar refractivity (Wildman–Crippen MR) is 116 cm³/mol. The van der Waals surface area contributed by atoms with Gasteiger partial charge >= 0.3 is 0 Å². The van der Waals surface area contributed by atoms with Gasteiger partial charge in [0.1, 0.15) is 11.8 Å². The molecule has 0 aliphatic heterocycles. The zero-order valence-corrected chi connectivity index (χ0v) is 18.2. The molecule has 0 fully saturated rings. The Morgan fingerprint density at radius 3 is 2.52 bits per heavy atom. The highest BCUT2D eigenvalue weighted by molar-refractivity contribution is 6.35. The molecule has 2 aromatic rings. The fourth-order valence-corrected chi connectivity index (χ4v) is 3.28. The quantitative estimate of drug-likeness (QED) is 0.548. The lowest BCUT2D eigenvalue weighted by atomic mass is 10.1. The van der Waals surface area contributed by atoms with Crippen molar-refractivity contribution in [1.29, 1.82) is 0 Å². The summed E-state index contributed by atoms with van der Waals surface area (Å²) in [6, 6.07) is 13.9. The summed E-state index contributed by atoms with van der Waals surface area (Å²) in [5.74, 6) is 0.429. The van der Waals surface area contributed by atoms with E-state index in [2.05, 4.69) is 5.32 Å². The first-order chi connectivity index (χ1) is 13.9. The van der Waals surface area contributed by atoms with Crippen molar-refractivity contribution in [3.63, 3.8) is 0 Å². The van der Waals surface area contributed by atoms with Crippen LogP contribution in [0.15, 0.2) is 48.5 Å². The maximum absolute atomic E-state index is 12.9. The van der Waals surface area contributed by atoms with Gasteiger partial charge in [0.25, 0.3) is 0 Å². The number of benzene rings is 2. The summed E-state index contributed by atoms with van der Waals surface area (Å²) >= 11 is 12.2. The van der Waals surface area contributed by atoms with Gasteiger partial charge < -0.3 is 15.0 Å². The van der Waals surface area contributed by atoms with Gasteiger partial charge in [-0.05, 0) is 50.1 Å². The average molecular weight is 437 g/mol. The van der Waals surface area contributed by atoms with E-state index >= 15 is 0 Å². The number of nitrogens with one attached hydrogen (secondary N) is 1. The van der Waals surface area contributed by atoms with Gasteiger partial charge in [-0.15, -0.1) is 0 Å². The molecule has 2 aromatic carbocycles. The number of likely N-dealkylation sites (N-methyl/N-ethyl adjacent to an activating group) is 1. The fraction of sp³-hybridized carbons (Fsp3) is 0.364. The lowest BCUT2D eigenvalue weighted by Gasteiger charge is -2.29. The van der Waals surface area contributed by atoms with Crippen molar-refractivity contribution < 1.29 is 14.3 Å². The van der Waals surface area contributed by atoms with Crippen LogP contribution in [0.25, 0.3) is 0 Å². The van der Waals surface area contributed by atoms with Gasteiger partial charge in [-0.2, -0.15) is 0 Å². The van der Waals surface area contributed by atoms with Gasteiger partial charge in [0.2, 0.25) is 11.8 Å². The number of carbonyl (C=O) groups excluding carboxylic acids is 2. The molecule has 0 aliphatic carbocycles. The molecule has 29 heavy (non-hydrogen) atoms. The van der Waals surface area contributed by atoms with Crippen LogP contribution in [0.5, 0.6) is 5.75 Å². The Bertz CT molecular complexity index is 815. The summed E-state index contributed by atoms with van der Waals surface area (Å²) in [5, 5.41) is 3.75. The van der Waals surface area contributed by atoms with Gasteiger partial charge in [-0.25, -0.2) is 0 Å². The Morgan fingerprint density at radius 1 is 1.14 bits per heavy atom. The standard InChI is InChI=1S/C22H26Cl2N2O3/c1-3-25-22(28)16(2)26(15-17-11-12-18(23)14-20(17)24)21(27)10-7-13-29-19-8-5-4-6-9-19/h4-6,8-9,11-12,14,16H,3,7,10,13,15H2,1-2H3,(H,25,28)/t16-/m1/s1. The van der Waals surface area contributed by atoms with E-state index in [4.69, 9.17) is 27.9 Å². The number of rotatable bonds is 10. The van der Waals surface area contributed by atoms with Crippen LogP contribution in [0, 0.1) is 0 Å². The minimum Gasteiger partial charge on any atom is -0.494 e. The molecule has 0 saturated heterocycles. The van der Waals surface area contributed by atoms with Crippen LogP contribution in [0.1, 0.15) is 32.3 Å². The molecule has 2 rings (SSSR count). The van der Waals surface area contributed by atoms with Crippen LogP contribution in [-0.4, -0.2) is 35.9 Å². The molecule has 0 saturated carbocycles. The van der Waals surface area contributed by atoms with Gasteiger partial charge in [0.15, 0.2) is 0 Å². The molecule has 0 radical (unpaired) electrons. The topological polar surface area (TPSA) is 58.6 Å². The Kier molecular flexibility index (Phi) is 9.29. The summed E-state index contributed by atoms with van der Waals surface area (Å²) in [4.78, 5) is 26.8. The van der Waals surface area contributed by atoms with Crippen molar-refractivity contribution >= 4 is 35.0 Å². The van der Waals surface area contributed by atoms with Crippen molar-refractivity contribution in [2.75, 3.05) is 13.2 Å². The van der Waals surface area contributed by atoms with Crippen molar-refractivity contribution in [3.8, 4) is 5.75 Å². The molecule has 156 valence electrons. The highest BCUT2D eigenvalue weighted by Gasteiger charge is 2.26. The van der Waals surface area contributed by atoms with Crippen LogP contribution >= 0.6 is 23.2 Å². The third-order valence-electron chi connectivity index (χ3n) is 4.42. The predicted octanol–water partition coefficient (Wildman–Crippen LogP) is 4.71. The van der Waals surface area contributed by atoms with Crippen molar-refractivity contribution in [1.82, 2.24) is 10.2 Å². The van der Waals surface area contributed by atoms with E-state index in [-0.39, 0.29) is 24.8 Å². The summed E-state index contributed by atoms with van der Waals surface area (Å²) in [7, 11) is 0. The van der Waals surface area contributed by atoms with Crippen molar-refractivity contribution in [2.24, 2.45) is 0 Å². The summed E-state index contributed by atoms with van der Waals surface area (Å²) in [5.41, 5.74) is 0.737. The first-order valence-corrected chi connectivity index (χ1v) is 10.4. The normalized spacial score (nSPS) is 11.6. The van der Waals surface area contributed by atoms with Crippen LogP contribution in [0.3, 0.4) is 0 Å². The van der Waals surface area contributed by atoms with Gasteiger partial charge in [0.05, 0.1) is 6.61 Å². The second-order valence-electron chi connectivity index (χ2n) is 6.59. The molecular formula is C22H26Cl2N2O3. The fourth-order valence-electron chi connectivity index (χ4n) is 2.81. The second-order valence-corrected chi connectivity index (χ2v) is 7.44. The van der Waals surface area contributed by atoms with Crippen LogP contribution in [0.4, 0.5) is 0 Å². The number of hydrogen-bond acceptors (Lipinski definition) is 3. The van der Waals surface area contributed by atoms with E-state index < -0.39 is 6.04 Å². The first-order valence-electron chi connectivity index (χ1n) is 9.61. The minimum atomic E-state index is -0.621. The molecule has 0 aliphatic rings. The van der Waals surface area contributed by atoms with Crippen molar-refractivity contribution in [3.05, 3.63) is 64.1 Å². The molecule has 0 bridgehead atoms. The Morgan fingerprint density at radius 2 is 1.86 bits per heavy atom. The zero-order chi connectivity index (χ0) is 21.2. The summed E-state index contributed by atoms with van der Waals surface area (Å²) < 4.78 is 5.65. The number of nitrogens with zero attached hydrogens (tertiary/aromatic N) is 1. The van der Waals surface area contributed by atoms with E-state index in [0.29, 0.717) is 29.6 Å². The number of ether oxygens (including phenoxy) is 1. The number of carbonyl (C=O) groups is 2. The molecular weight excluding hydrogens is 411 g/mol. The third kappa shape index (κ3) is 7.26. The van der Waals surface area contributed by atoms with Gasteiger partial charge in [-0.1, -0.05) is 47.5 Å². The monoisotopic (exact) mass is 436 g/mol. The summed E-state index contributed by atoms with van der Waals surface area (Å²) in [6.07, 6.45) is 0.808. The van der Waals surface area contributed by atoms with Crippen LogP contribution in [-0.2, 0) is 16.1 Å². The number of para-hydroxylation sites is 1. The van der Waals surface area contributed by atoms with Crippen LogP contribution < -0.4 is 10.1 Å². The Balaban J connectivity index is 2.02. The Hall–Kier alpha value is -2.24. The smallest absolute Gasteiger partial charge is 0.242 e. The lowest BCUT2D eigenvalue weighted by molar-refractivity contribution is -0.140. The molecule has 1 atom stereocenters.